The second-order valence-electron chi connectivity index (χ2n) is 3.89. The highest BCUT2D eigenvalue weighted by atomic mass is 32.2. The van der Waals surface area contributed by atoms with Gasteiger partial charge in [-0.25, -0.2) is 0 Å². The van der Waals surface area contributed by atoms with E-state index in [-0.39, 0.29) is 0 Å². The quantitative estimate of drug-likeness (QED) is 0.467. The molecule has 2 fully saturated rings. The summed E-state index contributed by atoms with van der Waals surface area (Å²) < 4.78 is 154. The highest BCUT2D eigenvalue weighted by Crippen LogP contribution is 2.75. The first-order valence-corrected chi connectivity index (χ1v) is 7.14. The number of hydrogen-bond donors (Lipinski definition) is 0. The first kappa shape index (κ1) is 16.6. The molecule has 21 heavy (non-hydrogen) atoms. The third-order valence-corrected chi connectivity index (χ3v) is 5.53. The summed E-state index contributed by atoms with van der Waals surface area (Å²) in [6.07, 6.45) is -13.0. The Bertz CT molecular complexity index is 645. The lowest BCUT2D eigenvalue weighted by molar-refractivity contribution is -0.405. The van der Waals surface area contributed by atoms with Gasteiger partial charge in [0.1, 0.15) is 0 Å². The topological polar surface area (TPSA) is 86.7 Å². The van der Waals surface area contributed by atoms with E-state index in [2.05, 4.69) is 8.37 Å². The average Bonchev–Trinajstić information content (AvgIpc) is 2.28. The van der Waals surface area contributed by atoms with Crippen molar-refractivity contribution in [1.29, 1.82) is 0 Å². The van der Waals surface area contributed by atoms with Crippen molar-refractivity contribution in [2.45, 2.75) is 22.7 Å². The third-order valence-electron chi connectivity index (χ3n) is 2.80. The van der Waals surface area contributed by atoms with Gasteiger partial charge in [0.15, 0.2) is 0 Å². The largest absolute Gasteiger partial charge is 0.400 e. The fourth-order valence-corrected chi connectivity index (χ4v) is 4.45. The first-order chi connectivity index (χ1) is 8.91. The molecular formula is C5F8O6S2. The molecule has 2 saturated heterocycles. The summed E-state index contributed by atoms with van der Waals surface area (Å²) in [5.41, 5.74) is -6.61. The van der Waals surface area contributed by atoms with E-state index < -0.39 is 48.4 Å². The van der Waals surface area contributed by atoms with Crippen LogP contribution < -0.4 is 0 Å². The Hall–Kier alpha value is -0.740. The molecule has 16 heteroatoms. The highest BCUT2D eigenvalue weighted by molar-refractivity contribution is 7.89. The van der Waals surface area contributed by atoms with Crippen molar-refractivity contribution < 1.29 is 60.3 Å². The zero-order chi connectivity index (χ0) is 16.9. The molecule has 0 N–H and O–H groups in total. The van der Waals surface area contributed by atoms with E-state index in [1.54, 1.807) is 0 Å². The Morgan fingerprint density at radius 3 is 0.952 bits per heavy atom. The Morgan fingerprint density at radius 2 is 0.810 bits per heavy atom. The SMILES string of the molecule is O=S1(=O)OC(F)(F)C2(C(F)(F)OS(=O)(=O)C2(F)F)C1(F)F. The zero-order valence-electron chi connectivity index (χ0n) is 8.79. The van der Waals surface area contributed by atoms with Crippen LogP contribution in [0, 0.1) is 5.41 Å². The Kier molecular flexibility index (Phi) is 2.72. The fraction of sp³-hybridized carbons (Fsp3) is 1.00. The van der Waals surface area contributed by atoms with Gasteiger partial charge in [0.25, 0.3) is 0 Å². The van der Waals surface area contributed by atoms with Gasteiger partial charge in [0.2, 0.25) is 0 Å². The molecule has 124 valence electrons. The lowest BCUT2D eigenvalue weighted by Gasteiger charge is -2.34. The van der Waals surface area contributed by atoms with Crippen molar-refractivity contribution >= 4 is 20.2 Å². The molecule has 0 bridgehead atoms. The lowest BCUT2D eigenvalue weighted by Crippen LogP contribution is -2.66. The molecule has 1 spiro atoms. The molecule has 2 rings (SSSR count). The average molecular weight is 372 g/mol. The van der Waals surface area contributed by atoms with Crippen LogP contribution in [0.3, 0.4) is 0 Å². The molecule has 2 aliphatic heterocycles. The van der Waals surface area contributed by atoms with E-state index in [9.17, 15) is 52.0 Å². The van der Waals surface area contributed by atoms with Gasteiger partial charge in [-0.1, -0.05) is 0 Å². The van der Waals surface area contributed by atoms with E-state index in [0.717, 1.165) is 0 Å². The predicted molar refractivity (Wildman–Crippen MR) is 42.2 cm³/mol. The molecule has 2 heterocycles. The molecule has 0 aliphatic carbocycles. The van der Waals surface area contributed by atoms with Crippen LogP contribution in [0.15, 0.2) is 0 Å². The highest BCUT2D eigenvalue weighted by Gasteiger charge is 3.06. The fourth-order valence-electron chi connectivity index (χ4n) is 1.90. The van der Waals surface area contributed by atoms with Crippen molar-refractivity contribution in [3.05, 3.63) is 0 Å². The van der Waals surface area contributed by atoms with Crippen molar-refractivity contribution in [3.63, 3.8) is 0 Å². The van der Waals surface area contributed by atoms with Crippen molar-refractivity contribution in [2.75, 3.05) is 0 Å². The molecule has 0 aromatic heterocycles. The van der Waals surface area contributed by atoms with Crippen LogP contribution in [0.25, 0.3) is 0 Å². The maximum Gasteiger partial charge on any atom is 0.400 e. The smallest absolute Gasteiger partial charge is 0.194 e. The molecule has 2 aliphatic rings. The monoisotopic (exact) mass is 372 g/mol. The van der Waals surface area contributed by atoms with Gasteiger partial charge in [-0.15, -0.1) is 0 Å². The molecule has 0 amide bonds. The summed E-state index contributed by atoms with van der Waals surface area (Å²) in [5.74, 6) is 0. The standard InChI is InChI=1S/C5F8O6S2/c6-2(7)1(4(10,11)20(14,15)18-2)3(8,9)19-21(16,17)5(1,12)13. The first-order valence-electron chi connectivity index (χ1n) is 4.33. The second-order valence-corrected chi connectivity index (χ2v) is 7.07. The minimum Gasteiger partial charge on any atom is -0.194 e. The summed E-state index contributed by atoms with van der Waals surface area (Å²) in [5, 5.41) is -13.4. The van der Waals surface area contributed by atoms with Gasteiger partial charge >= 0.3 is 48.4 Å². The molecule has 0 unspecified atom stereocenters. The predicted octanol–water partition coefficient (Wildman–Crippen LogP) is 1.06. The number of alkyl halides is 8. The van der Waals surface area contributed by atoms with Crippen LogP contribution in [0.5, 0.6) is 0 Å². The van der Waals surface area contributed by atoms with E-state index in [0.29, 0.717) is 0 Å². The number of rotatable bonds is 0. The maximum atomic E-state index is 13.4. The van der Waals surface area contributed by atoms with E-state index >= 15 is 0 Å². The number of hydrogen-bond acceptors (Lipinski definition) is 6. The summed E-state index contributed by atoms with van der Waals surface area (Å²) >= 11 is 0. The van der Waals surface area contributed by atoms with Crippen LogP contribution in [-0.2, 0) is 28.6 Å². The lowest BCUT2D eigenvalue weighted by atomic mass is 9.85. The van der Waals surface area contributed by atoms with Crippen LogP contribution >= 0.6 is 0 Å². The Balaban J connectivity index is 3.06. The molecular weight excluding hydrogens is 372 g/mol. The summed E-state index contributed by atoms with van der Waals surface area (Å²) in [6, 6.07) is 0. The minimum absolute atomic E-state index is 2.34. The van der Waals surface area contributed by atoms with Crippen LogP contribution in [0.1, 0.15) is 0 Å². The van der Waals surface area contributed by atoms with Crippen LogP contribution in [0.4, 0.5) is 35.1 Å². The van der Waals surface area contributed by atoms with Gasteiger partial charge in [-0.05, 0) is 0 Å². The van der Waals surface area contributed by atoms with Crippen LogP contribution in [-0.4, -0.2) is 39.6 Å². The van der Waals surface area contributed by atoms with Gasteiger partial charge in [0, 0.05) is 0 Å². The molecule has 0 aromatic carbocycles. The molecule has 6 nitrogen and oxygen atoms in total. The molecule has 0 radical (unpaired) electrons. The summed E-state index contributed by atoms with van der Waals surface area (Å²) in [4.78, 5) is 0. The van der Waals surface area contributed by atoms with Gasteiger partial charge in [-0.2, -0.15) is 60.3 Å². The van der Waals surface area contributed by atoms with E-state index in [1.807, 2.05) is 0 Å². The Morgan fingerprint density at radius 1 is 0.571 bits per heavy atom. The van der Waals surface area contributed by atoms with Gasteiger partial charge in [0.05, 0.1) is 0 Å². The summed E-state index contributed by atoms with van der Waals surface area (Å²) in [7, 11) is -14.0. The van der Waals surface area contributed by atoms with Crippen molar-refractivity contribution in [3.8, 4) is 0 Å². The normalized spacial score (nSPS) is 35.8. The van der Waals surface area contributed by atoms with Gasteiger partial charge < -0.3 is 0 Å². The second kappa shape index (κ2) is 3.43. The molecule has 0 atom stereocenters. The number of halogens is 8. The van der Waals surface area contributed by atoms with Gasteiger partial charge in [-0.3, -0.25) is 0 Å². The minimum atomic E-state index is -7.00. The molecule has 0 saturated carbocycles. The Labute approximate surface area is 109 Å². The van der Waals surface area contributed by atoms with E-state index in [1.165, 1.54) is 0 Å². The zero-order valence-corrected chi connectivity index (χ0v) is 10.4. The van der Waals surface area contributed by atoms with E-state index in [4.69, 9.17) is 0 Å². The van der Waals surface area contributed by atoms with Crippen molar-refractivity contribution in [2.24, 2.45) is 5.41 Å². The third kappa shape index (κ3) is 1.35. The van der Waals surface area contributed by atoms with Crippen LogP contribution in [0.2, 0.25) is 0 Å². The van der Waals surface area contributed by atoms with Crippen molar-refractivity contribution in [1.82, 2.24) is 0 Å². The molecule has 0 aromatic rings. The summed E-state index contributed by atoms with van der Waals surface area (Å²) in [6.45, 7) is 0. The maximum absolute atomic E-state index is 13.4.